The zero-order valence-electron chi connectivity index (χ0n) is 20.2. The summed E-state index contributed by atoms with van der Waals surface area (Å²) < 4.78 is 0. The molecule has 6 nitrogen and oxygen atoms in total. The Bertz CT molecular complexity index is 1100. The molecule has 2 fully saturated rings. The lowest BCUT2D eigenvalue weighted by molar-refractivity contribution is -0.120. The van der Waals surface area contributed by atoms with E-state index in [2.05, 4.69) is 10.3 Å². The molecule has 2 heterocycles. The second kappa shape index (κ2) is 11.9. The highest BCUT2D eigenvalue weighted by atomic mass is 35.5. The third-order valence-electron chi connectivity index (χ3n) is 7.40. The summed E-state index contributed by atoms with van der Waals surface area (Å²) in [5.74, 6) is -0.332. The molecule has 2 aromatic carbocycles. The number of hydrazone groups is 1. The maximum absolute atomic E-state index is 13.4. The zero-order valence-corrected chi connectivity index (χ0v) is 23.3. The molecule has 1 aliphatic carbocycles. The van der Waals surface area contributed by atoms with Crippen LogP contribution in [0, 0.1) is 5.92 Å². The first kappa shape index (κ1) is 27.5. The number of halogens is 4. The van der Waals surface area contributed by atoms with Gasteiger partial charge in [-0.3, -0.25) is 20.1 Å². The molecule has 10 heteroatoms. The van der Waals surface area contributed by atoms with Gasteiger partial charge in [-0.15, -0.1) is 12.4 Å². The van der Waals surface area contributed by atoms with Gasteiger partial charge in [0.2, 0.25) is 0 Å². The van der Waals surface area contributed by atoms with Gasteiger partial charge in [-0.25, -0.2) is 5.01 Å². The molecule has 36 heavy (non-hydrogen) atoms. The SMILES string of the molecule is C[C@@H]1C(C(=O)NN2CCN(C3CCCC3)CC2)=NN(c2ccc(Cl)cc2Cl)[C@@H]1c1ccc(Cl)cc1.Cl. The molecule has 2 aromatic rings. The minimum absolute atomic E-state index is 0. The molecule has 5 rings (SSSR count). The van der Waals surface area contributed by atoms with E-state index in [0.717, 1.165) is 31.7 Å². The molecule has 1 amide bonds. The molecule has 2 aliphatic heterocycles. The highest BCUT2D eigenvalue weighted by molar-refractivity contribution is 6.41. The van der Waals surface area contributed by atoms with Crippen molar-refractivity contribution in [3.8, 4) is 0 Å². The Balaban J connectivity index is 0.00000304. The number of hydrogen-bond acceptors (Lipinski definition) is 5. The summed E-state index contributed by atoms with van der Waals surface area (Å²) in [5.41, 5.74) is 5.30. The van der Waals surface area contributed by atoms with Crippen molar-refractivity contribution in [3.05, 3.63) is 63.1 Å². The lowest BCUT2D eigenvalue weighted by Gasteiger charge is -2.38. The Labute approximate surface area is 233 Å². The van der Waals surface area contributed by atoms with Crippen molar-refractivity contribution in [3.63, 3.8) is 0 Å². The van der Waals surface area contributed by atoms with E-state index < -0.39 is 0 Å². The summed E-state index contributed by atoms with van der Waals surface area (Å²) in [6, 6.07) is 13.5. The van der Waals surface area contributed by atoms with E-state index in [-0.39, 0.29) is 30.3 Å². The first-order chi connectivity index (χ1) is 16.9. The predicted molar refractivity (Wildman–Crippen MR) is 151 cm³/mol. The summed E-state index contributed by atoms with van der Waals surface area (Å²) in [7, 11) is 0. The number of carbonyl (C=O) groups excluding carboxylic acids is 1. The molecule has 1 saturated heterocycles. The number of nitrogens with one attached hydrogen (secondary N) is 1. The van der Waals surface area contributed by atoms with E-state index >= 15 is 0 Å². The first-order valence-corrected chi connectivity index (χ1v) is 13.4. The van der Waals surface area contributed by atoms with Gasteiger partial charge in [0.1, 0.15) is 5.71 Å². The molecular formula is C26H31Cl4N5O. The third-order valence-corrected chi connectivity index (χ3v) is 8.19. The number of hydrogen-bond donors (Lipinski definition) is 1. The molecule has 1 saturated carbocycles. The minimum Gasteiger partial charge on any atom is -0.298 e. The van der Waals surface area contributed by atoms with Gasteiger partial charge in [-0.1, -0.05) is 66.7 Å². The van der Waals surface area contributed by atoms with Gasteiger partial charge in [0, 0.05) is 48.2 Å². The van der Waals surface area contributed by atoms with E-state index in [1.807, 2.05) is 47.3 Å². The fourth-order valence-corrected chi connectivity index (χ4v) is 6.13. The summed E-state index contributed by atoms with van der Waals surface area (Å²) >= 11 is 18.8. The van der Waals surface area contributed by atoms with Crippen LogP contribution in [0.15, 0.2) is 47.6 Å². The Morgan fingerprint density at radius 2 is 1.58 bits per heavy atom. The number of anilines is 1. The number of benzene rings is 2. The average molecular weight is 571 g/mol. The van der Waals surface area contributed by atoms with E-state index in [1.165, 1.54) is 25.7 Å². The lowest BCUT2D eigenvalue weighted by Crippen LogP contribution is -2.56. The van der Waals surface area contributed by atoms with Gasteiger partial charge in [-0.05, 0) is 48.7 Å². The lowest BCUT2D eigenvalue weighted by atomic mass is 9.91. The number of rotatable bonds is 5. The molecule has 0 radical (unpaired) electrons. The van der Waals surface area contributed by atoms with Crippen molar-refractivity contribution in [1.82, 2.24) is 15.3 Å². The van der Waals surface area contributed by atoms with Crippen molar-refractivity contribution in [2.45, 2.75) is 44.7 Å². The van der Waals surface area contributed by atoms with Crippen LogP contribution in [0.25, 0.3) is 0 Å². The maximum atomic E-state index is 13.4. The van der Waals surface area contributed by atoms with E-state index in [9.17, 15) is 4.79 Å². The van der Waals surface area contributed by atoms with Gasteiger partial charge in [0.25, 0.3) is 5.91 Å². The molecule has 0 unspecified atom stereocenters. The second-order valence-electron chi connectivity index (χ2n) is 9.61. The first-order valence-electron chi connectivity index (χ1n) is 12.3. The Morgan fingerprint density at radius 1 is 0.944 bits per heavy atom. The fraction of sp³-hybridized carbons (Fsp3) is 0.462. The van der Waals surface area contributed by atoms with Crippen LogP contribution in [0.1, 0.15) is 44.2 Å². The smallest absolute Gasteiger partial charge is 0.282 e. The Kier molecular flexibility index (Phi) is 9.08. The molecule has 1 N–H and O–H groups in total. The van der Waals surface area contributed by atoms with E-state index in [0.29, 0.717) is 32.5 Å². The van der Waals surface area contributed by atoms with Crippen molar-refractivity contribution in [2.75, 3.05) is 31.2 Å². The number of piperazine rings is 1. The van der Waals surface area contributed by atoms with Crippen LogP contribution in [-0.2, 0) is 4.79 Å². The molecule has 0 aromatic heterocycles. The molecule has 2 atom stereocenters. The standard InChI is InChI=1S/C26H30Cl3N5O.ClH/c1-17-24(26(35)31-33-14-12-32(13-15-33)21-4-2-3-5-21)30-34(23-11-10-20(28)16-22(23)29)25(17)18-6-8-19(27)9-7-18;/h6-11,16-17,21,25H,2-5,12-15H2,1H3,(H,31,35);1H/t17-,25+;/m1./s1. The van der Waals surface area contributed by atoms with E-state index in [1.54, 1.807) is 12.1 Å². The van der Waals surface area contributed by atoms with Crippen LogP contribution >= 0.6 is 47.2 Å². The zero-order chi connectivity index (χ0) is 24.5. The molecule has 0 bridgehead atoms. The molecular weight excluding hydrogens is 540 g/mol. The topological polar surface area (TPSA) is 51.2 Å². The third kappa shape index (κ3) is 5.79. The largest absolute Gasteiger partial charge is 0.298 e. The Hall–Kier alpha value is -1.54. The van der Waals surface area contributed by atoms with Crippen LogP contribution in [0.4, 0.5) is 5.69 Å². The van der Waals surface area contributed by atoms with Crippen LogP contribution in [-0.4, -0.2) is 53.7 Å². The van der Waals surface area contributed by atoms with Crippen molar-refractivity contribution in [1.29, 1.82) is 0 Å². The Morgan fingerprint density at radius 3 is 2.22 bits per heavy atom. The monoisotopic (exact) mass is 569 g/mol. The number of nitrogens with zero attached hydrogens (tertiary/aromatic N) is 4. The van der Waals surface area contributed by atoms with Gasteiger partial charge in [0.15, 0.2) is 0 Å². The number of carbonyl (C=O) groups is 1. The predicted octanol–water partition coefficient (Wildman–Crippen LogP) is 6.21. The van der Waals surface area contributed by atoms with E-state index in [4.69, 9.17) is 39.9 Å². The number of amides is 1. The van der Waals surface area contributed by atoms with Crippen molar-refractivity contribution >= 4 is 64.5 Å². The van der Waals surface area contributed by atoms with Crippen LogP contribution in [0.2, 0.25) is 15.1 Å². The van der Waals surface area contributed by atoms with Crippen molar-refractivity contribution < 1.29 is 4.79 Å². The summed E-state index contributed by atoms with van der Waals surface area (Å²) in [6.07, 6.45) is 5.27. The summed E-state index contributed by atoms with van der Waals surface area (Å²) in [6.45, 7) is 5.62. The van der Waals surface area contributed by atoms with Crippen LogP contribution < -0.4 is 10.4 Å². The average Bonchev–Trinajstić information content (AvgIpc) is 3.49. The maximum Gasteiger partial charge on any atom is 0.282 e. The summed E-state index contributed by atoms with van der Waals surface area (Å²) in [4.78, 5) is 16.0. The molecule has 194 valence electrons. The normalized spacial score (nSPS) is 23.4. The van der Waals surface area contributed by atoms with Gasteiger partial charge >= 0.3 is 0 Å². The minimum atomic E-state index is -0.203. The van der Waals surface area contributed by atoms with Gasteiger partial charge in [-0.2, -0.15) is 5.10 Å². The summed E-state index contributed by atoms with van der Waals surface area (Å²) in [5, 5.41) is 10.3. The van der Waals surface area contributed by atoms with Gasteiger partial charge < -0.3 is 0 Å². The van der Waals surface area contributed by atoms with Crippen LogP contribution in [0.5, 0.6) is 0 Å². The highest BCUT2D eigenvalue weighted by Gasteiger charge is 2.40. The van der Waals surface area contributed by atoms with Gasteiger partial charge in [0.05, 0.1) is 16.8 Å². The van der Waals surface area contributed by atoms with Crippen LogP contribution in [0.3, 0.4) is 0 Å². The quantitative estimate of drug-likeness (QED) is 0.464. The number of hydrazine groups is 1. The second-order valence-corrected chi connectivity index (χ2v) is 10.9. The fourth-order valence-electron chi connectivity index (χ4n) is 5.51. The molecule has 0 spiro atoms. The van der Waals surface area contributed by atoms with Crippen molar-refractivity contribution in [2.24, 2.45) is 11.0 Å². The highest BCUT2D eigenvalue weighted by Crippen LogP contribution is 2.42. The molecule has 3 aliphatic rings.